The smallest absolute Gasteiger partial charge is 0.414 e. The number of benzene rings is 1. The molecule has 0 radical (unpaired) electrons. The van der Waals surface area contributed by atoms with E-state index in [1.54, 1.807) is 19.1 Å². The fraction of sp³-hybridized carbons (Fsp3) is 0.375. The summed E-state index contributed by atoms with van der Waals surface area (Å²) in [4.78, 5) is 55.8. The maximum atomic E-state index is 15.0. The number of pyridine rings is 1. The van der Waals surface area contributed by atoms with E-state index < -0.39 is 41.9 Å². The normalized spacial score (nSPS) is 18.1. The van der Waals surface area contributed by atoms with Gasteiger partial charge < -0.3 is 30.3 Å². The highest BCUT2D eigenvalue weighted by Crippen LogP contribution is 2.31. The predicted molar refractivity (Wildman–Crippen MR) is 130 cm³/mol. The molecular formula is C24H26F2N6O6. The van der Waals surface area contributed by atoms with Gasteiger partial charge in [0, 0.05) is 50.7 Å². The van der Waals surface area contributed by atoms with Gasteiger partial charge in [-0.1, -0.05) is 0 Å². The molecule has 2 fully saturated rings. The van der Waals surface area contributed by atoms with E-state index in [2.05, 4.69) is 15.6 Å². The summed E-state index contributed by atoms with van der Waals surface area (Å²) < 4.78 is 35.1. The van der Waals surface area contributed by atoms with Crippen LogP contribution in [0.1, 0.15) is 17.3 Å². The third-order valence-electron chi connectivity index (χ3n) is 6.22. The van der Waals surface area contributed by atoms with Crippen molar-refractivity contribution >= 4 is 35.4 Å². The van der Waals surface area contributed by atoms with E-state index in [1.807, 2.05) is 0 Å². The minimum absolute atomic E-state index is 0.0569. The lowest BCUT2D eigenvalue weighted by Crippen LogP contribution is -2.54. The highest BCUT2D eigenvalue weighted by Gasteiger charge is 2.34. The van der Waals surface area contributed by atoms with E-state index in [-0.39, 0.29) is 56.6 Å². The van der Waals surface area contributed by atoms with E-state index in [4.69, 9.17) is 9.84 Å². The van der Waals surface area contributed by atoms with Crippen LogP contribution >= 0.6 is 0 Å². The van der Waals surface area contributed by atoms with Gasteiger partial charge in [0.25, 0.3) is 5.91 Å². The summed E-state index contributed by atoms with van der Waals surface area (Å²) in [6.45, 7) is 2.00. The minimum atomic E-state index is -1.29. The number of aromatic nitrogens is 1. The third kappa shape index (κ3) is 5.90. The van der Waals surface area contributed by atoms with Crippen molar-refractivity contribution in [1.29, 1.82) is 0 Å². The average Bonchev–Trinajstić information content (AvgIpc) is 3.28. The second-order valence-corrected chi connectivity index (χ2v) is 8.81. The standard InChI is InChI=1S/C24H26F2N6O6/c1-14(29-21(33)15-3-2-4-27-11-15)22(34)31-7-5-30(6-8-31)20-18(25)9-16(10-19(20)26)32-13-17(38-24(32)37)12-28-23(35)36/h2-4,9-11,14,17,28H,5-8,12-13H2,1H3,(H,29,33)(H,35,36)/t14-,17-/m0/s1. The molecule has 4 rings (SSSR count). The van der Waals surface area contributed by atoms with Gasteiger partial charge in [0.15, 0.2) is 11.6 Å². The van der Waals surface area contributed by atoms with Crippen LogP contribution in [0, 0.1) is 11.6 Å². The monoisotopic (exact) mass is 532 g/mol. The van der Waals surface area contributed by atoms with E-state index in [0.29, 0.717) is 5.56 Å². The average molecular weight is 533 g/mol. The van der Waals surface area contributed by atoms with Crippen molar-refractivity contribution < 1.29 is 37.8 Å². The zero-order chi connectivity index (χ0) is 27.4. The number of hydrogen-bond donors (Lipinski definition) is 3. The number of rotatable bonds is 7. The molecule has 4 amide bonds. The second kappa shape index (κ2) is 11.3. The van der Waals surface area contributed by atoms with Crippen molar-refractivity contribution in [2.24, 2.45) is 0 Å². The molecule has 1 aromatic heterocycles. The van der Waals surface area contributed by atoms with Gasteiger partial charge in [-0.3, -0.25) is 19.5 Å². The van der Waals surface area contributed by atoms with E-state index in [9.17, 15) is 19.2 Å². The molecule has 0 spiro atoms. The number of anilines is 2. The molecule has 3 N–H and O–H groups in total. The Labute approximate surface area is 216 Å². The summed E-state index contributed by atoms with van der Waals surface area (Å²) in [5, 5.41) is 13.4. The van der Waals surface area contributed by atoms with Crippen LogP contribution in [0.2, 0.25) is 0 Å². The van der Waals surface area contributed by atoms with Gasteiger partial charge in [0.2, 0.25) is 5.91 Å². The number of carboxylic acid groups (broad SMARTS) is 1. The minimum Gasteiger partial charge on any atom is -0.465 e. The highest BCUT2D eigenvalue weighted by atomic mass is 19.1. The van der Waals surface area contributed by atoms with Crippen molar-refractivity contribution in [3.63, 3.8) is 0 Å². The molecular weight excluding hydrogens is 506 g/mol. The first-order valence-corrected chi connectivity index (χ1v) is 11.8. The fourth-order valence-electron chi connectivity index (χ4n) is 4.31. The first-order valence-electron chi connectivity index (χ1n) is 11.8. The zero-order valence-electron chi connectivity index (χ0n) is 20.4. The lowest BCUT2D eigenvalue weighted by atomic mass is 10.1. The van der Waals surface area contributed by atoms with Crippen molar-refractivity contribution in [1.82, 2.24) is 20.5 Å². The first kappa shape index (κ1) is 26.6. The Bertz CT molecular complexity index is 1200. The van der Waals surface area contributed by atoms with Crippen molar-refractivity contribution in [3.8, 4) is 0 Å². The van der Waals surface area contributed by atoms with Crippen LogP contribution in [-0.2, 0) is 9.53 Å². The number of halogens is 2. The molecule has 0 bridgehead atoms. The summed E-state index contributed by atoms with van der Waals surface area (Å²) in [6, 6.07) is 4.41. The highest BCUT2D eigenvalue weighted by molar-refractivity contribution is 5.97. The summed E-state index contributed by atoms with van der Waals surface area (Å²) in [7, 11) is 0. The molecule has 0 aliphatic carbocycles. The Morgan fingerprint density at radius 1 is 1.18 bits per heavy atom. The van der Waals surface area contributed by atoms with Gasteiger partial charge in [-0.05, 0) is 19.1 Å². The van der Waals surface area contributed by atoms with Gasteiger partial charge in [-0.25, -0.2) is 18.4 Å². The largest absolute Gasteiger partial charge is 0.465 e. The molecule has 202 valence electrons. The molecule has 2 saturated heterocycles. The van der Waals surface area contributed by atoms with Crippen molar-refractivity contribution in [2.45, 2.75) is 19.1 Å². The van der Waals surface area contributed by atoms with Crippen molar-refractivity contribution in [2.75, 3.05) is 49.1 Å². The molecule has 0 unspecified atom stereocenters. The number of carbonyl (C=O) groups excluding carboxylic acids is 3. The van der Waals surface area contributed by atoms with E-state index in [1.165, 1.54) is 22.2 Å². The summed E-state index contributed by atoms with van der Waals surface area (Å²) >= 11 is 0. The number of hydrogen-bond acceptors (Lipinski definition) is 7. The van der Waals surface area contributed by atoms with Gasteiger partial charge in [0.05, 0.1) is 24.3 Å². The molecule has 0 saturated carbocycles. The molecule has 38 heavy (non-hydrogen) atoms. The van der Waals surface area contributed by atoms with Crippen LogP contribution < -0.4 is 20.4 Å². The SMILES string of the molecule is C[C@H](NC(=O)c1cccnc1)C(=O)N1CCN(c2c(F)cc(N3C[C@H](CNC(=O)O)OC3=O)cc2F)CC1. The maximum Gasteiger partial charge on any atom is 0.414 e. The Balaban J connectivity index is 1.35. The number of cyclic esters (lactones) is 1. The van der Waals surface area contributed by atoms with Gasteiger partial charge in [-0.15, -0.1) is 0 Å². The lowest BCUT2D eigenvalue weighted by molar-refractivity contribution is -0.133. The van der Waals surface area contributed by atoms with Crippen LogP contribution in [0.15, 0.2) is 36.7 Å². The van der Waals surface area contributed by atoms with Gasteiger partial charge in [-0.2, -0.15) is 0 Å². The molecule has 1 aromatic carbocycles. The summed E-state index contributed by atoms with van der Waals surface area (Å²) in [5.74, 6) is -2.54. The summed E-state index contributed by atoms with van der Waals surface area (Å²) in [6.07, 6.45) is -0.00651. The quantitative estimate of drug-likeness (QED) is 0.486. The predicted octanol–water partition coefficient (Wildman–Crippen LogP) is 1.42. The van der Waals surface area contributed by atoms with E-state index >= 15 is 8.78 Å². The molecule has 12 nitrogen and oxygen atoms in total. The molecule has 3 heterocycles. The molecule has 2 aromatic rings. The number of amides is 4. The molecule has 2 atom stereocenters. The summed E-state index contributed by atoms with van der Waals surface area (Å²) in [5.41, 5.74) is -0.0185. The Morgan fingerprint density at radius 3 is 2.47 bits per heavy atom. The topological polar surface area (TPSA) is 144 Å². The second-order valence-electron chi connectivity index (χ2n) is 8.81. The van der Waals surface area contributed by atoms with Crippen LogP contribution in [0.25, 0.3) is 0 Å². The molecule has 2 aliphatic rings. The van der Waals surface area contributed by atoms with Crippen LogP contribution in [-0.4, -0.2) is 90.4 Å². The van der Waals surface area contributed by atoms with Crippen LogP contribution in [0.3, 0.4) is 0 Å². The zero-order valence-corrected chi connectivity index (χ0v) is 20.4. The molecule has 2 aliphatic heterocycles. The van der Waals surface area contributed by atoms with Crippen LogP contribution in [0.4, 0.5) is 29.7 Å². The first-order chi connectivity index (χ1) is 18.1. The number of ether oxygens (including phenoxy) is 1. The lowest BCUT2D eigenvalue weighted by Gasteiger charge is -2.37. The fourth-order valence-corrected chi connectivity index (χ4v) is 4.31. The third-order valence-corrected chi connectivity index (χ3v) is 6.22. The number of piperazine rings is 1. The number of nitrogens with one attached hydrogen (secondary N) is 2. The van der Waals surface area contributed by atoms with Gasteiger partial charge in [0.1, 0.15) is 17.8 Å². The van der Waals surface area contributed by atoms with Crippen molar-refractivity contribution in [3.05, 3.63) is 53.9 Å². The Kier molecular flexibility index (Phi) is 7.88. The Morgan fingerprint density at radius 2 is 1.87 bits per heavy atom. The van der Waals surface area contributed by atoms with E-state index in [0.717, 1.165) is 17.0 Å². The maximum absolute atomic E-state index is 15.0. The number of nitrogens with zero attached hydrogens (tertiary/aromatic N) is 4. The Hall–Kier alpha value is -4.49. The van der Waals surface area contributed by atoms with Crippen LogP contribution in [0.5, 0.6) is 0 Å². The van der Waals surface area contributed by atoms with Gasteiger partial charge >= 0.3 is 12.2 Å². The number of carbonyl (C=O) groups is 4. The molecule has 14 heteroatoms.